The topological polar surface area (TPSA) is 37.4 Å². The average Bonchev–Trinajstić information content (AvgIpc) is 2.51. The number of hydrogen-bond acceptors (Lipinski definition) is 2. The number of carbonyl (C=O) groups is 1. The molecule has 80 valence electrons. The van der Waals surface area contributed by atoms with Crippen molar-refractivity contribution in [1.29, 1.82) is 0 Å². The van der Waals surface area contributed by atoms with Gasteiger partial charge in [-0.3, -0.25) is 4.79 Å². The van der Waals surface area contributed by atoms with Crippen molar-refractivity contribution < 1.29 is 9.00 Å². The second kappa shape index (κ2) is 4.19. The van der Waals surface area contributed by atoms with Gasteiger partial charge in [0.2, 0.25) is 5.91 Å². The maximum Gasteiger partial charge on any atom is 0.225 e. The summed E-state index contributed by atoms with van der Waals surface area (Å²) in [5.74, 6) is 0.487. The Morgan fingerprint density at radius 2 is 1.86 bits per heavy atom. The minimum atomic E-state index is -1.28. The van der Waals surface area contributed by atoms with E-state index in [0.717, 1.165) is 12.8 Å². The number of nitrogens with zero attached hydrogens (tertiary/aromatic N) is 1. The highest BCUT2D eigenvalue weighted by molar-refractivity contribution is 8.08. The molecule has 0 aromatic heterocycles. The van der Waals surface area contributed by atoms with Gasteiger partial charge in [0, 0.05) is 19.0 Å². The average molecular weight is 236 g/mol. The summed E-state index contributed by atoms with van der Waals surface area (Å²) in [7, 11) is 4.16. The second-order valence-electron chi connectivity index (χ2n) is 4.09. The molecule has 14 heavy (non-hydrogen) atoms. The molecule has 0 N–H and O–H groups in total. The highest BCUT2D eigenvalue weighted by Crippen LogP contribution is 2.29. The van der Waals surface area contributed by atoms with E-state index in [1.807, 2.05) is 0 Å². The molecule has 1 saturated carbocycles. The molecule has 1 heterocycles. The van der Waals surface area contributed by atoms with Gasteiger partial charge in [-0.2, -0.15) is 0 Å². The van der Waals surface area contributed by atoms with Crippen LogP contribution in [0, 0.1) is 5.92 Å². The first-order valence-corrected chi connectivity index (χ1v) is 7.08. The largest absolute Gasteiger partial charge is 0.340 e. The molecular formula is C9H14ClNO2S. The standard InChI is InChI=1S/C9H14ClNO2S/c10-14(13)8-5-11(6-8)9(12)7-3-1-2-4-7/h7-8H,1-6H2. The predicted octanol–water partition coefficient (Wildman–Crippen LogP) is 1.29. The smallest absolute Gasteiger partial charge is 0.225 e. The molecule has 1 saturated heterocycles. The van der Waals surface area contributed by atoms with Crippen LogP contribution in [-0.2, 0) is 14.8 Å². The Kier molecular flexibility index (Phi) is 3.12. The van der Waals surface area contributed by atoms with E-state index in [0.29, 0.717) is 13.1 Å². The summed E-state index contributed by atoms with van der Waals surface area (Å²) in [6, 6.07) is 0. The van der Waals surface area contributed by atoms with Crippen LogP contribution in [0.1, 0.15) is 25.7 Å². The van der Waals surface area contributed by atoms with Gasteiger partial charge in [-0.05, 0) is 23.5 Å². The number of hydrogen-bond donors (Lipinski definition) is 0. The Morgan fingerprint density at radius 3 is 2.36 bits per heavy atom. The van der Waals surface area contributed by atoms with E-state index in [1.165, 1.54) is 12.8 Å². The van der Waals surface area contributed by atoms with Gasteiger partial charge in [0.05, 0.1) is 5.25 Å². The fraction of sp³-hybridized carbons (Fsp3) is 0.889. The first kappa shape index (κ1) is 10.4. The van der Waals surface area contributed by atoms with Gasteiger partial charge in [-0.15, -0.1) is 0 Å². The second-order valence-corrected chi connectivity index (χ2v) is 6.17. The Hall–Kier alpha value is -0.0900. The lowest BCUT2D eigenvalue weighted by molar-refractivity contribution is -0.138. The van der Waals surface area contributed by atoms with E-state index < -0.39 is 10.0 Å². The maximum absolute atomic E-state index is 11.8. The molecule has 5 heteroatoms. The van der Waals surface area contributed by atoms with E-state index in [9.17, 15) is 9.00 Å². The van der Waals surface area contributed by atoms with Crippen molar-refractivity contribution in [3.8, 4) is 0 Å². The molecule has 0 aromatic carbocycles. The number of rotatable bonds is 2. The molecule has 2 aliphatic rings. The lowest BCUT2D eigenvalue weighted by Gasteiger charge is -2.38. The lowest BCUT2D eigenvalue weighted by atomic mass is 10.0. The number of amides is 1. The summed E-state index contributed by atoms with van der Waals surface area (Å²) < 4.78 is 10.9. The third-order valence-electron chi connectivity index (χ3n) is 3.13. The van der Waals surface area contributed by atoms with E-state index in [1.54, 1.807) is 4.90 Å². The molecule has 1 amide bonds. The summed E-state index contributed by atoms with van der Waals surface area (Å²) in [6.45, 7) is 1.18. The van der Waals surface area contributed by atoms with Crippen molar-refractivity contribution in [3.63, 3.8) is 0 Å². The predicted molar refractivity (Wildman–Crippen MR) is 56.3 cm³/mol. The van der Waals surface area contributed by atoms with Crippen molar-refractivity contribution in [2.75, 3.05) is 13.1 Å². The van der Waals surface area contributed by atoms with E-state index in [4.69, 9.17) is 10.7 Å². The summed E-state index contributed by atoms with van der Waals surface area (Å²) in [5, 5.41) is 0.00187. The van der Waals surface area contributed by atoms with Gasteiger partial charge in [-0.25, -0.2) is 4.21 Å². The molecule has 0 radical (unpaired) electrons. The third kappa shape index (κ3) is 1.96. The van der Waals surface area contributed by atoms with Gasteiger partial charge in [-0.1, -0.05) is 12.8 Å². The van der Waals surface area contributed by atoms with Crippen LogP contribution in [-0.4, -0.2) is 33.4 Å². The first-order valence-electron chi connectivity index (χ1n) is 5.04. The fourth-order valence-electron chi connectivity index (χ4n) is 2.17. The SMILES string of the molecule is O=C(C1CCCC1)N1CC(S(=O)Cl)C1. The van der Waals surface area contributed by atoms with Gasteiger partial charge in [0.25, 0.3) is 0 Å². The van der Waals surface area contributed by atoms with E-state index in [-0.39, 0.29) is 17.1 Å². The minimum absolute atomic E-state index is 0.00187. The molecular weight excluding hydrogens is 222 g/mol. The van der Waals surface area contributed by atoms with Crippen LogP contribution in [0.15, 0.2) is 0 Å². The van der Waals surface area contributed by atoms with Crippen molar-refractivity contribution in [1.82, 2.24) is 4.90 Å². The zero-order chi connectivity index (χ0) is 10.1. The van der Waals surface area contributed by atoms with Gasteiger partial charge >= 0.3 is 0 Å². The van der Waals surface area contributed by atoms with Crippen LogP contribution < -0.4 is 0 Å². The molecule has 1 aliphatic heterocycles. The first-order chi connectivity index (χ1) is 6.68. The molecule has 3 nitrogen and oxygen atoms in total. The molecule has 1 unspecified atom stereocenters. The van der Waals surface area contributed by atoms with Crippen molar-refractivity contribution >= 4 is 26.6 Å². The van der Waals surface area contributed by atoms with Crippen molar-refractivity contribution in [3.05, 3.63) is 0 Å². The number of halogens is 1. The van der Waals surface area contributed by atoms with Crippen LogP contribution in [0.5, 0.6) is 0 Å². The maximum atomic E-state index is 11.8. The zero-order valence-corrected chi connectivity index (χ0v) is 9.52. The summed E-state index contributed by atoms with van der Waals surface area (Å²) in [4.78, 5) is 13.6. The van der Waals surface area contributed by atoms with Gasteiger partial charge in [0.15, 0.2) is 0 Å². The lowest BCUT2D eigenvalue weighted by Crippen LogP contribution is -2.55. The molecule has 2 fully saturated rings. The van der Waals surface area contributed by atoms with Crippen LogP contribution >= 0.6 is 10.7 Å². The summed E-state index contributed by atoms with van der Waals surface area (Å²) >= 11 is 0. The van der Waals surface area contributed by atoms with Crippen LogP contribution in [0.4, 0.5) is 0 Å². The quantitative estimate of drug-likeness (QED) is 0.677. The third-order valence-corrected chi connectivity index (χ3v) is 4.70. The van der Waals surface area contributed by atoms with E-state index >= 15 is 0 Å². The monoisotopic (exact) mass is 235 g/mol. The summed E-state index contributed by atoms with van der Waals surface area (Å²) in [6.07, 6.45) is 4.41. The Labute approximate surface area is 90.7 Å². The molecule has 0 aromatic rings. The van der Waals surface area contributed by atoms with Crippen LogP contribution in [0.3, 0.4) is 0 Å². The fourth-order valence-corrected chi connectivity index (χ4v) is 3.10. The number of likely N-dealkylation sites (tertiary alicyclic amines) is 1. The van der Waals surface area contributed by atoms with E-state index in [2.05, 4.69) is 0 Å². The molecule has 1 aliphatic carbocycles. The van der Waals surface area contributed by atoms with Gasteiger partial charge in [0.1, 0.15) is 10.0 Å². The van der Waals surface area contributed by atoms with Gasteiger partial charge < -0.3 is 4.90 Å². The molecule has 1 atom stereocenters. The molecule has 2 rings (SSSR count). The highest BCUT2D eigenvalue weighted by atomic mass is 35.7. The van der Waals surface area contributed by atoms with Crippen LogP contribution in [0.2, 0.25) is 0 Å². The molecule has 0 spiro atoms. The van der Waals surface area contributed by atoms with Crippen LogP contribution in [0.25, 0.3) is 0 Å². The number of carbonyl (C=O) groups excluding carboxylic acids is 1. The summed E-state index contributed by atoms with van der Waals surface area (Å²) in [5.41, 5.74) is 0. The Bertz CT molecular complexity index is 260. The van der Waals surface area contributed by atoms with Crippen molar-refractivity contribution in [2.45, 2.75) is 30.9 Å². The van der Waals surface area contributed by atoms with Crippen molar-refractivity contribution in [2.24, 2.45) is 5.92 Å². The normalized spacial score (nSPS) is 26.2. The Morgan fingerprint density at radius 1 is 1.29 bits per heavy atom. The minimum Gasteiger partial charge on any atom is -0.340 e. The highest BCUT2D eigenvalue weighted by Gasteiger charge is 2.37. The molecule has 0 bridgehead atoms. The zero-order valence-electron chi connectivity index (χ0n) is 7.95. The Balaban J connectivity index is 1.81.